The summed E-state index contributed by atoms with van der Waals surface area (Å²) in [6.07, 6.45) is 6.42. The van der Waals surface area contributed by atoms with Crippen molar-refractivity contribution in [2.45, 2.75) is 56.7 Å². The van der Waals surface area contributed by atoms with Gasteiger partial charge in [0.1, 0.15) is 6.04 Å². The molecule has 5 heteroatoms. The van der Waals surface area contributed by atoms with Crippen LogP contribution in [0, 0.1) is 0 Å². The molecule has 1 aliphatic carbocycles. The number of carbonyl (C=O) groups is 2. The Bertz CT molecular complexity index is 633. The molecule has 5 nitrogen and oxygen atoms in total. The lowest BCUT2D eigenvalue weighted by Gasteiger charge is -2.30. The first kappa shape index (κ1) is 15.6. The van der Waals surface area contributed by atoms with Gasteiger partial charge in [-0.2, -0.15) is 0 Å². The maximum absolute atomic E-state index is 12.9. The molecule has 2 heterocycles. The minimum atomic E-state index is -0.488. The van der Waals surface area contributed by atoms with Gasteiger partial charge in [-0.05, 0) is 37.3 Å². The highest BCUT2D eigenvalue weighted by Gasteiger charge is 2.44. The highest BCUT2D eigenvalue weighted by molar-refractivity contribution is 6.04. The number of hydrogen-bond acceptors (Lipinski definition) is 3. The van der Waals surface area contributed by atoms with E-state index in [4.69, 9.17) is 4.74 Å². The second kappa shape index (κ2) is 6.55. The molecule has 3 aliphatic rings. The van der Waals surface area contributed by atoms with Gasteiger partial charge in [0.15, 0.2) is 0 Å². The minimum Gasteiger partial charge on any atom is -0.376 e. The Morgan fingerprint density at radius 1 is 1.17 bits per heavy atom. The van der Waals surface area contributed by atoms with Crippen LogP contribution in [0.4, 0.5) is 0 Å². The molecule has 1 saturated carbocycles. The lowest BCUT2D eigenvalue weighted by Crippen LogP contribution is -2.45. The second-order valence-corrected chi connectivity index (χ2v) is 7.02. The molecule has 0 radical (unpaired) electrons. The van der Waals surface area contributed by atoms with Crippen LogP contribution in [0.5, 0.6) is 0 Å². The average Bonchev–Trinajstić information content (AvgIpc) is 3.34. The number of amides is 2. The molecule has 2 unspecified atom stereocenters. The Kier molecular flexibility index (Phi) is 4.27. The Labute approximate surface area is 142 Å². The lowest BCUT2D eigenvalue weighted by atomic mass is 10.0. The maximum Gasteiger partial charge on any atom is 0.255 e. The summed E-state index contributed by atoms with van der Waals surface area (Å²) in [5, 5.41) is 3.02. The molecule has 0 spiro atoms. The fraction of sp³-hybridized carbons (Fsp3) is 0.579. The number of ether oxygens (including phenoxy) is 1. The van der Waals surface area contributed by atoms with Crippen molar-refractivity contribution < 1.29 is 14.3 Å². The van der Waals surface area contributed by atoms with Crippen molar-refractivity contribution in [3.63, 3.8) is 0 Å². The third kappa shape index (κ3) is 2.71. The van der Waals surface area contributed by atoms with Crippen LogP contribution in [0.2, 0.25) is 0 Å². The van der Waals surface area contributed by atoms with Gasteiger partial charge in [0.25, 0.3) is 5.91 Å². The van der Waals surface area contributed by atoms with Gasteiger partial charge in [0, 0.05) is 24.8 Å². The van der Waals surface area contributed by atoms with E-state index in [-0.39, 0.29) is 24.0 Å². The van der Waals surface area contributed by atoms with Gasteiger partial charge in [0.05, 0.1) is 6.10 Å². The van der Waals surface area contributed by atoms with E-state index in [1.54, 1.807) is 0 Å². The number of nitrogens with one attached hydrogen (secondary N) is 1. The van der Waals surface area contributed by atoms with E-state index in [2.05, 4.69) is 5.32 Å². The van der Waals surface area contributed by atoms with Crippen LogP contribution >= 0.6 is 0 Å². The number of nitrogens with zero attached hydrogens (tertiary/aromatic N) is 1. The van der Waals surface area contributed by atoms with Gasteiger partial charge in [-0.1, -0.05) is 31.0 Å². The zero-order valence-electron chi connectivity index (χ0n) is 13.9. The fourth-order valence-corrected chi connectivity index (χ4v) is 4.28. The average molecular weight is 328 g/mol. The van der Waals surface area contributed by atoms with E-state index < -0.39 is 6.04 Å². The minimum absolute atomic E-state index is 0.00904. The zero-order valence-corrected chi connectivity index (χ0v) is 13.9. The van der Waals surface area contributed by atoms with Crippen LogP contribution in [0.1, 0.15) is 60.5 Å². The number of fused-ring (bicyclic) bond motifs is 1. The number of benzene rings is 1. The molecule has 2 fully saturated rings. The standard InChI is InChI=1S/C19H24N2O3/c22-18(20-12-14-8-5-11-24-14)17-15-9-3-4-10-16(15)19(23)21(17)13-6-1-2-7-13/h3-4,9-10,13-14,17H,1-2,5-8,11-12H2,(H,20,22). The predicted octanol–water partition coefficient (Wildman–Crippen LogP) is 2.42. The highest BCUT2D eigenvalue weighted by Crippen LogP contribution is 2.39. The van der Waals surface area contributed by atoms with Crippen molar-refractivity contribution in [1.29, 1.82) is 0 Å². The fourth-order valence-electron chi connectivity index (χ4n) is 4.28. The summed E-state index contributed by atoms with van der Waals surface area (Å²) in [6, 6.07) is 7.23. The molecular weight excluding hydrogens is 304 g/mol. The number of rotatable bonds is 4. The Balaban J connectivity index is 1.56. The van der Waals surface area contributed by atoms with Gasteiger partial charge in [-0.15, -0.1) is 0 Å². The van der Waals surface area contributed by atoms with E-state index in [1.807, 2.05) is 29.2 Å². The molecule has 4 rings (SSSR count). The molecule has 0 bridgehead atoms. The van der Waals surface area contributed by atoms with Crippen molar-refractivity contribution in [2.75, 3.05) is 13.2 Å². The van der Waals surface area contributed by atoms with Crippen LogP contribution in [0.15, 0.2) is 24.3 Å². The molecular formula is C19H24N2O3. The Hall–Kier alpha value is -1.88. The molecule has 128 valence electrons. The summed E-state index contributed by atoms with van der Waals surface area (Å²) >= 11 is 0. The lowest BCUT2D eigenvalue weighted by molar-refractivity contribution is -0.126. The second-order valence-electron chi connectivity index (χ2n) is 7.02. The Morgan fingerprint density at radius 3 is 2.71 bits per heavy atom. The van der Waals surface area contributed by atoms with Crippen molar-refractivity contribution in [1.82, 2.24) is 10.2 Å². The number of carbonyl (C=O) groups excluding carboxylic acids is 2. The summed E-state index contributed by atoms with van der Waals surface area (Å²) in [4.78, 5) is 27.6. The van der Waals surface area contributed by atoms with E-state index in [1.165, 1.54) is 0 Å². The van der Waals surface area contributed by atoms with E-state index in [9.17, 15) is 9.59 Å². The zero-order chi connectivity index (χ0) is 16.5. The topological polar surface area (TPSA) is 58.6 Å². The van der Waals surface area contributed by atoms with E-state index in [0.717, 1.165) is 50.7 Å². The summed E-state index contributed by atoms with van der Waals surface area (Å²) in [7, 11) is 0. The van der Waals surface area contributed by atoms with Gasteiger partial charge in [-0.25, -0.2) is 0 Å². The van der Waals surface area contributed by atoms with Crippen molar-refractivity contribution in [2.24, 2.45) is 0 Å². The third-order valence-corrected chi connectivity index (χ3v) is 5.49. The van der Waals surface area contributed by atoms with E-state index in [0.29, 0.717) is 12.1 Å². The van der Waals surface area contributed by atoms with E-state index >= 15 is 0 Å². The molecule has 1 aromatic rings. The Morgan fingerprint density at radius 2 is 1.96 bits per heavy atom. The van der Waals surface area contributed by atoms with Crippen LogP contribution in [0.25, 0.3) is 0 Å². The summed E-state index contributed by atoms with van der Waals surface area (Å²) in [5.74, 6) is -0.0644. The quantitative estimate of drug-likeness (QED) is 0.923. The van der Waals surface area contributed by atoms with Gasteiger partial charge < -0.3 is 15.0 Å². The highest BCUT2D eigenvalue weighted by atomic mass is 16.5. The third-order valence-electron chi connectivity index (χ3n) is 5.49. The van der Waals surface area contributed by atoms with Crippen LogP contribution in [0.3, 0.4) is 0 Å². The molecule has 1 saturated heterocycles. The summed E-state index contributed by atoms with van der Waals surface area (Å²) < 4.78 is 5.59. The molecule has 2 atom stereocenters. The van der Waals surface area contributed by atoms with Crippen LogP contribution in [-0.4, -0.2) is 42.0 Å². The molecule has 2 amide bonds. The first-order valence-corrected chi connectivity index (χ1v) is 9.06. The normalized spacial score (nSPS) is 26.8. The molecule has 24 heavy (non-hydrogen) atoms. The van der Waals surface area contributed by atoms with Crippen molar-refractivity contribution >= 4 is 11.8 Å². The smallest absolute Gasteiger partial charge is 0.255 e. The predicted molar refractivity (Wildman–Crippen MR) is 89.6 cm³/mol. The maximum atomic E-state index is 12.9. The van der Waals surface area contributed by atoms with Gasteiger partial charge in [0.2, 0.25) is 5.91 Å². The molecule has 0 aromatic heterocycles. The molecule has 1 N–H and O–H groups in total. The monoisotopic (exact) mass is 328 g/mol. The molecule has 1 aromatic carbocycles. The first-order valence-electron chi connectivity index (χ1n) is 9.06. The first-order chi connectivity index (χ1) is 11.8. The van der Waals surface area contributed by atoms with Crippen molar-refractivity contribution in [3.8, 4) is 0 Å². The number of hydrogen-bond donors (Lipinski definition) is 1. The van der Waals surface area contributed by atoms with Gasteiger partial charge in [-0.3, -0.25) is 9.59 Å². The van der Waals surface area contributed by atoms with Crippen LogP contribution in [-0.2, 0) is 9.53 Å². The summed E-state index contributed by atoms with van der Waals surface area (Å²) in [6.45, 7) is 1.31. The largest absolute Gasteiger partial charge is 0.376 e. The summed E-state index contributed by atoms with van der Waals surface area (Å²) in [5.41, 5.74) is 1.53. The van der Waals surface area contributed by atoms with Crippen molar-refractivity contribution in [3.05, 3.63) is 35.4 Å². The van der Waals surface area contributed by atoms with Gasteiger partial charge >= 0.3 is 0 Å². The SMILES string of the molecule is O=C(NCC1CCCO1)C1c2ccccc2C(=O)N1C1CCCC1. The van der Waals surface area contributed by atoms with Crippen LogP contribution < -0.4 is 5.32 Å². The molecule has 2 aliphatic heterocycles.